The van der Waals surface area contributed by atoms with Crippen molar-refractivity contribution < 1.29 is 34.2 Å². The van der Waals surface area contributed by atoms with E-state index in [0.29, 0.717) is 24.9 Å². The van der Waals surface area contributed by atoms with Crippen molar-refractivity contribution in [1.82, 2.24) is 16.0 Å². The third kappa shape index (κ3) is 10.8. The molecular formula is C23H36N6O7. The predicted octanol–water partition coefficient (Wildman–Crippen LogP) is -2.52. The number of benzene rings is 1. The number of nitrogens with one attached hydrogen (secondary N) is 3. The van der Waals surface area contributed by atoms with Crippen LogP contribution >= 0.6 is 0 Å². The maximum Gasteiger partial charge on any atom is 0.326 e. The maximum absolute atomic E-state index is 13.2. The Kier molecular flexibility index (Phi) is 13.1. The first-order valence-electron chi connectivity index (χ1n) is 11.6. The molecule has 0 aromatic heterocycles. The molecule has 200 valence electrons. The topological polar surface area (TPSA) is 240 Å². The smallest absolute Gasteiger partial charge is 0.326 e. The number of carbonyl (C=O) groups excluding carboxylic acids is 4. The van der Waals surface area contributed by atoms with Gasteiger partial charge in [-0.05, 0) is 38.3 Å². The Bertz CT molecular complexity index is 896. The summed E-state index contributed by atoms with van der Waals surface area (Å²) in [6, 6.07) is 3.57. The molecule has 0 radical (unpaired) electrons. The van der Waals surface area contributed by atoms with Gasteiger partial charge in [-0.3, -0.25) is 19.2 Å². The molecule has 11 N–H and O–H groups in total. The van der Waals surface area contributed by atoms with E-state index >= 15 is 0 Å². The Morgan fingerprint density at radius 3 is 1.97 bits per heavy atom. The number of nitrogens with two attached hydrogens (primary N) is 3. The number of rotatable bonds is 16. The summed E-state index contributed by atoms with van der Waals surface area (Å²) in [6.07, 6.45) is -0.646. The van der Waals surface area contributed by atoms with Crippen LogP contribution in [-0.2, 0) is 30.4 Å². The number of unbranched alkanes of at least 4 members (excludes halogenated alkanes) is 1. The highest BCUT2D eigenvalue weighted by molar-refractivity contribution is 5.95. The van der Waals surface area contributed by atoms with E-state index in [-0.39, 0.29) is 12.8 Å². The molecule has 5 atom stereocenters. The Balaban J connectivity index is 3.11. The molecule has 0 aliphatic heterocycles. The predicted molar refractivity (Wildman–Crippen MR) is 130 cm³/mol. The number of carboxylic acids is 1. The van der Waals surface area contributed by atoms with Crippen LogP contribution in [-0.4, -0.2) is 76.6 Å². The summed E-state index contributed by atoms with van der Waals surface area (Å²) >= 11 is 0. The monoisotopic (exact) mass is 508 g/mol. The molecule has 1 aromatic rings. The van der Waals surface area contributed by atoms with E-state index in [1.54, 1.807) is 30.3 Å². The molecule has 0 fully saturated rings. The van der Waals surface area contributed by atoms with E-state index < -0.39 is 66.3 Å². The molecule has 0 aliphatic rings. The van der Waals surface area contributed by atoms with Crippen LogP contribution in [0, 0.1) is 0 Å². The standard InChI is InChI=1S/C23H36N6O7/c1-13(30)19(26)22(34)28-16(11-14-7-3-2-4-8-14)21(33)27-15(9-5-6-10-24)20(32)29-17(23(35)36)12-18(25)31/h2-4,7-8,13,15-17,19,30H,5-6,9-12,24,26H2,1H3,(H2,25,31)(H,27,33)(H,28,34)(H,29,32)(H,35,36). The van der Waals surface area contributed by atoms with Gasteiger partial charge in [0.1, 0.15) is 24.2 Å². The van der Waals surface area contributed by atoms with Gasteiger partial charge in [-0.15, -0.1) is 0 Å². The summed E-state index contributed by atoms with van der Waals surface area (Å²) in [6.45, 7) is 1.67. The lowest BCUT2D eigenvalue weighted by Crippen LogP contribution is -2.58. The fourth-order valence-electron chi connectivity index (χ4n) is 3.25. The largest absolute Gasteiger partial charge is 0.480 e. The molecule has 1 aromatic carbocycles. The average molecular weight is 509 g/mol. The van der Waals surface area contributed by atoms with Crippen LogP contribution in [0.4, 0.5) is 0 Å². The van der Waals surface area contributed by atoms with Crippen LogP contribution in [0.15, 0.2) is 30.3 Å². The third-order valence-corrected chi connectivity index (χ3v) is 5.34. The highest BCUT2D eigenvalue weighted by Gasteiger charge is 2.31. The van der Waals surface area contributed by atoms with Crippen molar-refractivity contribution in [2.45, 2.75) is 69.3 Å². The van der Waals surface area contributed by atoms with Crippen molar-refractivity contribution in [2.24, 2.45) is 17.2 Å². The summed E-state index contributed by atoms with van der Waals surface area (Å²) in [5.41, 5.74) is 17.0. The summed E-state index contributed by atoms with van der Waals surface area (Å²) in [4.78, 5) is 61.1. The lowest BCUT2D eigenvalue weighted by Gasteiger charge is -2.25. The van der Waals surface area contributed by atoms with Crippen molar-refractivity contribution in [3.8, 4) is 0 Å². The van der Waals surface area contributed by atoms with Gasteiger partial charge in [-0.25, -0.2) is 4.79 Å². The minimum Gasteiger partial charge on any atom is -0.480 e. The number of carboxylic acid groups (broad SMARTS) is 1. The average Bonchev–Trinajstić information content (AvgIpc) is 2.82. The van der Waals surface area contributed by atoms with E-state index in [0.717, 1.165) is 0 Å². The van der Waals surface area contributed by atoms with Crippen LogP contribution in [0.1, 0.15) is 38.2 Å². The van der Waals surface area contributed by atoms with Crippen molar-refractivity contribution in [1.29, 1.82) is 0 Å². The molecule has 0 aliphatic carbocycles. The molecule has 0 saturated carbocycles. The number of aliphatic hydroxyl groups excluding tert-OH is 1. The molecule has 1 rings (SSSR count). The van der Waals surface area contributed by atoms with Gasteiger partial charge in [0, 0.05) is 6.42 Å². The molecule has 0 heterocycles. The van der Waals surface area contributed by atoms with Crippen molar-refractivity contribution in [3.05, 3.63) is 35.9 Å². The third-order valence-electron chi connectivity index (χ3n) is 5.34. The molecular weight excluding hydrogens is 472 g/mol. The number of hydrogen-bond donors (Lipinski definition) is 8. The normalized spacial score (nSPS) is 15.0. The number of aliphatic hydroxyl groups is 1. The Morgan fingerprint density at radius 1 is 0.889 bits per heavy atom. The highest BCUT2D eigenvalue weighted by atomic mass is 16.4. The first kappa shape index (κ1) is 30.5. The van der Waals surface area contributed by atoms with Gasteiger partial charge < -0.3 is 43.4 Å². The number of hydrogen-bond acceptors (Lipinski definition) is 8. The molecule has 0 bridgehead atoms. The SMILES string of the molecule is CC(O)C(N)C(=O)NC(Cc1ccccc1)C(=O)NC(CCCCN)C(=O)NC(CC(N)=O)C(=O)O. The van der Waals surface area contributed by atoms with Crippen LogP contribution in [0.5, 0.6) is 0 Å². The minimum atomic E-state index is -1.58. The second-order valence-corrected chi connectivity index (χ2v) is 8.43. The van der Waals surface area contributed by atoms with Crippen LogP contribution < -0.4 is 33.2 Å². The fraction of sp³-hybridized carbons (Fsp3) is 0.522. The number of primary amides is 1. The van der Waals surface area contributed by atoms with E-state index in [1.165, 1.54) is 6.92 Å². The minimum absolute atomic E-state index is 0.0571. The Labute approximate surface area is 209 Å². The van der Waals surface area contributed by atoms with Gasteiger partial charge in [0.25, 0.3) is 0 Å². The van der Waals surface area contributed by atoms with Crippen LogP contribution in [0.2, 0.25) is 0 Å². The van der Waals surface area contributed by atoms with E-state index in [4.69, 9.17) is 17.2 Å². The van der Waals surface area contributed by atoms with Gasteiger partial charge in [0.05, 0.1) is 12.5 Å². The summed E-state index contributed by atoms with van der Waals surface area (Å²) in [5, 5.41) is 26.2. The van der Waals surface area contributed by atoms with Gasteiger partial charge in [-0.2, -0.15) is 0 Å². The van der Waals surface area contributed by atoms with Crippen LogP contribution in [0.3, 0.4) is 0 Å². The van der Waals surface area contributed by atoms with Gasteiger partial charge in [0.2, 0.25) is 23.6 Å². The second kappa shape index (κ2) is 15.4. The van der Waals surface area contributed by atoms with E-state index in [9.17, 15) is 34.2 Å². The zero-order chi connectivity index (χ0) is 27.3. The van der Waals surface area contributed by atoms with Crippen LogP contribution in [0.25, 0.3) is 0 Å². The quantitative estimate of drug-likeness (QED) is 0.110. The molecule has 0 spiro atoms. The molecule has 5 unspecified atom stereocenters. The summed E-state index contributed by atoms with van der Waals surface area (Å²) in [5.74, 6) is -4.71. The summed E-state index contributed by atoms with van der Waals surface area (Å²) in [7, 11) is 0. The van der Waals surface area contributed by atoms with E-state index in [2.05, 4.69) is 16.0 Å². The maximum atomic E-state index is 13.2. The molecule has 13 nitrogen and oxygen atoms in total. The van der Waals surface area contributed by atoms with Crippen molar-refractivity contribution in [3.63, 3.8) is 0 Å². The summed E-state index contributed by atoms with van der Waals surface area (Å²) < 4.78 is 0. The second-order valence-electron chi connectivity index (χ2n) is 8.43. The van der Waals surface area contributed by atoms with E-state index in [1.807, 2.05) is 0 Å². The van der Waals surface area contributed by atoms with Gasteiger partial charge in [0.15, 0.2) is 0 Å². The van der Waals surface area contributed by atoms with Crippen molar-refractivity contribution in [2.75, 3.05) is 6.54 Å². The molecule has 13 heteroatoms. The lowest BCUT2D eigenvalue weighted by molar-refractivity contribution is -0.143. The van der Waals surface area contributed by atoms with Crippen molar-refractivity contribution >= 4 is 29.6 Å². The first-order valence-corrected chi connectivity index (χ1v) is 11.6. The number of aliphatic carboxylic acids is 1. The highest BCUT2D eigenvalue weighted by Crippen LogP contribution is 2.08. The zero-order valence-electron chi connectivity index (χ0n) is 20.2. The molecule has 36 heavy (non-hydrogen) atoms. The Morgan fingerprint density at radius 2 is 1.44 bits per heavy atom. The number of carbonyl (C=O) groups is 5. The lowest BCUT2D eigenvalue weighted by atomic mass is 10.0. The zero-order valence-corrected chi connectivity index (χ0v) is 20.2. The Hall–Kier alpha value is -3.55. The first-order chi connectivity index (χ1) is 17.0. The fourth-order valence-corrected chi connectivity index (χ4v) is 3.25. The van der Waals surface area contributed by atoms with Gasteiger partial charge >= 0.3 is 5.97 Å². The van der Waals surface area contributed by atoms with Gasteiger partial charge in [-0.1, -0.05) is 30.3 Å². The molecule has 4 amide bonds. The molecule has 0 saturated heterocycles. The number of amides is 4.